The van der Waals surface area contributed by atoms with Crippen molar-refractivity contribution < 1.29 is 14.6 Å². The Bertz CT molecular complexity index is 375. The predicted octanol–water partition coefficient (Wildman–Crippen LogP) is 1.49. The molecule has 94 valence electrons. The lowest BCUT2D eigenvalue weighted by Gasteiger charge is -2.19. The normalized spacial score (nSPS) is 21.2. The maximum atomic E-state index is 10.2. The zero-order valence-corrected chi connectivity index (χ0v) is 10.3. The van der Waals surface area contributed by atoms with E-state index in [1.165, 1.54) is 0 Å². The molecular formula is C13H19NO3. The second kappa shape index (κ2) is 5.38. The molecule has 4 nitrogen and oxygen atoms in total. The molecule has 1 saturated heterocycles. The molecule has 0 bridgehead atoms. The molecule has 0 amide bonds. The van der Waals surface area contributed by atoms with E-state index in [9.17, 15) is 5.11 Å². The fourth-order valence-electron chi connectivity index (χ4n) is 2.25. The number of benzene rings is 1. The highest BCUT2D eigenvalue weighted by Gasteiger charge is 2.24. The molecule has 1 fully saturated rings. The Morgan fingerprint density at radius 3 is 2.65 bits per heavy atom. The first kappa shape index (κ1) is 12.2. The number of rotatable bonds is 4. The van der Waals surface area contributed by atoms with Crippen molar-refractivity contribution in [2.75, 3.05) is 20.8 Å². The first-order valence-electron chi connectivity index (χ1n) is 5.89. The van der Waals surface area contributed by atoms with Crippen LogP contribution in [0.4, 0.5) is 0 Å². The summed E-state index contributed by atoms with van der Waals surface area (Å²) >= 11 is 0. The molecule has 1 aliphatic rings. The summed E-state index contributed by atoms with van der Waals surface area (Å²) in [5, 5.41) is 13.5. The van der Waals surface area contributed by atoms with E-state index >= 15 is 0 Å². The summed E-state index contributed by atoms with van der Waals surface area (Å²) in [7, 11) is 3.20. The second-order valence-corrected chi connectivity index (χ2v) is 4.26. The molecule has 4 heteroatoms. The number of hydrogen-bond acceptors (Lipinski definition) is 4. The zero-order chi connectivity index (χ0) is 12.3. The van der Waals surface area contributed by atoms with Crippen molar-refractivity contribution in [3.8, 4) is 11.5 Å². The highest BCUT2D eigenvalue weighted by molar-refractivity contribution is 5.43. The van der Waals surface area contributed by atoms with Crippen molar-refractivity contribution in [3.63, 3.8) is 0 Å². The highest BCUT2D eigenvalue weighted by atomic mass is 16.5. The van der Waals surface area contributed by atoms with Crippen molar-refractivity contribution >= 4 is 0 Å². The Morgan fingerprint density at radius 2 is 2.06 bits per heavy atom. The number of aliphatic hydroxyl groups excluding tert-OH is 1. The minimum Gasteiger partial charge on any atom is -0.493 e. The lowest BCUT2D eigenvalue weighted by Crippen LogP contribution is -2.28. The molecule has 2 unspecified atom stereocenters. The van der Waals surface area contributed by atoms with Crippen LogP contribution < -0.4 is 14.8 Å². The van der Waals surface area contributed by atoms with Gasteiger partial charge in [-0.2, -0.15) is 0 Å². The Balaban J connectivity index is 2.20. The average molecular weight is 237 g/mol. The van der Waals surface area contributed by atoms with Crippen LogP contribution in [0, 0.1) is 0 Å². The van der Waals surface area contributed by atoms with Crippen molar-refractivity contribution in [1.29, 1.82) is 0 Å². The first-order valence-corrected chi connectivity index (χ1v) is 5.89. The summed E-state index contributed by atoms with van der Waals surface area (Å²) in [6.07, 6.45) is 1.64. The Morgan fingerprint density at radius 1 is 1.29 bits per heavy atom. The lowest BCUT2D eigenvalue weighted by molar-refractivity contribution is 0.137. The monoisotopic (exact) mass is 237 g/mol. The van der Waals surface area contributed by atoms with Gasteiger partial charge in [-0.1, -0.05) is 6.07 Å². The summed E-state index contributed by atoms with van der Waals surface area (Å²) in [4.78, 5) is 0. The van der Waals surface area contributed by atoms with Crippen molar-refractivity contribution in [2.45, 2.75) is 25.0 Å². The maximum Gasteiger partial charge on any atom is 0.161 e. The molecule has 0 saturated carbocycles. The van der Waals surface area contributed by atoms with Crippen LogP contribution in [0.1, 0.15) is 24.5 Å². The number of aliphatic hydroxyl groups is 1. The van der Waals surface area contributed by atoms with E-state index in [2.05, 4.69) is 5.32 Å². The van der Waals surface area contributed by atoms with Gasteiger partial charge < -0.3 is 19.9 Å². The van der Waals surface area contributed by atoms with Gasteiger partial charge in [0.15, 0.2) is 11.5 Å². The van der Waals surface area contributed by atoms with Crippen LogP contribution in [0.15, 0.2) is 18.2 Å². The Hall–Kier alpha value is -1.26. The van der Waals surface area contributed by atoms with Crippen LogP contribution in [0.25, 0.3) is 0 Å². The Labute approximate surface area is 102 Å². The van der Waals surface area contributed by atoms with Crippen LogP contribution in [0.5, 0.6) is 11.5 Å². The molecule has 1 aromatic carbocycles. The molecule has 0 aromatic heterocycles. The lowest BCUT2D eigenvalue weighted by atomic mass is 10.0. The molecule has 0 spiro atoms. The highest BCUT2D eigenvalue weighted by Crippen LogP contribution is 2.32. The minimum absolute atomic E-state index is 0.146. The van der Waals surface area contributed by atoms with E-state index < -0.39 is 6.10 Å². The third kappa shape index (κ3) is 2.53. The summed E-state index contributed by atoms with van der Waals surface area (Å²) in [6, 6.07) is 5.69. The van der Waals surface area contributed by atoms with Gasteiger partial charge in [0.25, 0.3) is 0 Å². The third-order valence-corrected chi connectivity index (χ3v) is 3.23. The molecule has 1 heterocycles. The van der Waals surface area contributed by atoms with E-state index in [1.807, 2.05) is 18.2 Å². The van der Waals surface area contributed by atoms with Crippen molar-refractivity contribution in [2.24, 2.45) is 0 Å². The number of hydrogen-bond donors (Lipinski definition) is 2. The van der Waals surface area contributed by atoms with Crippen LogP contribution >= 0.6 is 0 Å². The fourth-order valence-corrected chi connectivity index (χ4v) is 2.25. The first-order chi connectivity index (χ1) is 8.26. The van der Waals surface area contributed by atoms with Crippen LogP contribution in [0.3, 0.4) is 0 Å². The third-order valence-electron chi connectivity index (χ3n) is 3.23. The minimum atomic E-state index is -0.489. The molecule has 1 aromatic rings. The quantitative estimate of drug-likeness (QED) is 0.833. The van der Waals surface area contributed by atoms with E-state index in [-0.39, 0.29) is 6.04 Å². The summed E-state index contributed by atoms with van der Waals surface area (Å²) in [5.41, 5.74) is 0.863. The Kier molecular flexibility index (Phi) is 3.86. The number of methoxy groups -OCH3 is 2. The molecule has 2 N–H and O–H groups in total. The van der Waals surface area contributed by atoms with Gasteiger partial charge in [0.05, 0.1) is 20.3 Å². The van der Waals surface area contributed by atoms with Gasteiger partial charge in [-0.25, -0.2) is 0 Å². The summed E-state index contributed by atoms with van der Waals surface area (Å²) in [6.45, 7) is 0.981. The second-order valence-electron chi connectivity index (χ2n) is 4.26. The molecule has 0 radical (unpaired) electrons. The van der Waals surface area contributed by atoms with Crippen LogP contribution in [-0.2, 0) is 0 Å². The van der Waals surface area contributed by atoms with Crippen LogP contribution in [-0.4, -0.2) is 31.9 Å². The fraction of sp³-hybridized carbons (Fsp3) is 0.538. The molecule has 2 atom stereocenters. The van der Waals surface area contributed by atoms with Gasteiger partial charge >= 0.3 is 0 Å². The molecule has 1 aliphatic heterocycles. The molecule has 17 heavy (non-hydrogen) atoms. The predicted molar refractivity (Wildman–Crippen MR) is 65.5 cm³/mol. The summed E-state index contributed by atoms with van der Waals surface area (Å²) < 4.78 is 10.4. The average Bonchev–Trinajstić information content (AvgIpc) is 2.90. The summed E-state index contributed by atoms with van der Waals surface area (Å²) in [5.74, 6) is 1.34. The van der Waals surface area contributed by atoms with Gasteiger partial charge in [-0.3, -0.25) is 0 Å². The zero-order valence-electron chi connectivity index (χ0n) is 10.3. The van der Waals surface area contributed by atoms with Crippen molar-refractivity contribution in [3.05, 3.63) is 23.8 Å². The van der Waals surface area contributed by atoms with Gasteiger partial charge in [0, 0.05) is 6.04 Å². The van der Waals surface area contributed by atoms with Crippen molar-refractivity contribution in [1.82, 2.24) is 5.32 Å². The van der Waals surface area contributed by atoms with E-state index in [4.69, 9.17) is 9.47 Å². The van der Waals surface area contributed by atoms with Gasteiger partial charge in [0.1, 0.15) is 0 Å². The molecular weight excluding hydrogens is 218 g/mol. The van der Waals surface area contributed by atoms with Gasteiger partial charge in [-0.05, 0) is 37.1 Å². The maximum absolute atomic E-state index is 10.2. The van der Waals surface area contributed by atoms with E-state index in [1.54, 1.807) is 14.2 Å². The van der Waals surface area contributed by atoms with Gasteiger partial charge in [0.2, 0.25) is 0 Å². The van der Waals surface area contributed by atoms with E-state index in [0.29, 0.717) is 11.5 Å². The SMILES string of the molecule is COc1ccc(C(O)C2CCCN2)cc1OC. The largest absolute Gasteiger partial charge is 0.493 e. The number of nitrogens with one attached hydrogen (secondary N) is 1. The van der Waals surface area contributed by atoms with Gasteiger partial charge in [-0.15, -0.1) is 0 Å². The number of ether oxygens (including phenoxy) is 2. The van der Waals surface area contributed by atoms with E-state index in [0.717, 1.165) is 24.9 Å². The van der Waals surface area contributed by atoms with Crippen LogP contribution in [0.2, 0.25) is 0 Å². The smallest absolute Gasteiger partial charge is 0.161 e. The molecule has 2 rings (SSSR count). The standard InChI is InChI=1S/C13H19NO3/c1-16-11-6-5-9(8-12(11)17-2)13(15)10-4-3-7-14-10/h5-6,8,10,13-15H,3-4,7H2,1-2H3. The topological polar surface area (TPSA) is 50.7 Å². The molecule has 0 aliphatic carbocycles.